The molecule has 2 rings (SSSR count). The normalized spacial score (nSPS) is 19.3. The Morgan fingerprint density at radius 3 is 2.63 bits per heavy atom. The molecule has 1 fully saturated rings. The van der Waals surface area contributed by atoms with E-state index in [2.05, 4.69) is 20.8 Å². The van der Waals surface area contributed by atoms with Gasteiger partial charge in [0.1, 0.15) is 0 Å². The minimum atomic E-state index is -0.525. The average Bonchev–Trinajstić information content (AvgIpc) is 2.38. The number of carbonyl (C=O) groups is 1. The van der Waals surface area contributed by atoms with E-state index in [4.69, 9.17) is 0 Å². The monoisotopic (exact) mass is 325 g/mol. The summed E-state index contributed by atoms with van der Waals surface area (Å²) in [6, 6.07) is 7.54. The second kappa shape index (κ2) is 6.16. The van der Waals surface area contributed by atoms with Crippen molar-refractivity contribution >= 4 is 21.7 Å². The van der Waals surface area contributed by atoms with Gasteiger partial charge in [-0.25, -0.2) is 0 Å². The molecule has 1 heterocycles. The zero-order valence-electron chi connectivity index (χ0n) is 11.2. The van der Waals surface area contributed by atoms with Gasteiger partial charge in [0.15, 0.2) is 5.78 Å². The van der Waals surface area contributed by atoms with Crippen LogP contribution in [0.3, 0.4) is 0 Å². The van der Waals surface area contributed by atoms with Crippen LogP contribution in [0.25, 0.3) is 0 Å². The highest BCUT2D eigenvalue weighted by Crippen LogP contribution is 2.22. The molecule has 0 aliphatic carbocycles. The maximum absolute atomic E-state index is 12.1. The number of carbonyl (C=O) groups excluding carboxylic acids is 1. The van der Waals surface area contributed by atoms with Gasteiger partial charge in [0.2, 0.25) is 0 Å². The van der Waals surface area contributed by atoms with Gasteiger partial charge in [0, 0.05) is 36.1 Å². The van der Waals surface area contributed by atoms with E-state index in [-0.39, 0.29) is 5.78 Å². The van der Waals surface area contributed by atoms with Crippen LogP contribution in [-0.4, -0.2) is 41.0 Å². The molecule has 0 atom stereocenters. The van der Waals surface area contributed by atoms with Crippen LogP contribution < -0.4 is 0 Å². The third kappa shape index (κ3) is 4.13. The minimum absolute atomic E-state index is 0.171. The minimum Gasteiger partial charge on any atom is -0.390 e. The largest absolute Gasteiger partial charge is 0.390 e. The molecule has 3 nitrogen and oxygen atoms in total. The van der Waals surface area contributed by atoms with Crippen LogP contribution in [0.2, 0.25) is 0 Å². The second-order valence-electron chi connectivity index (χ2n) is 5.49. The van der Waals surface area contributed by atoms with Gasteiger partial charge in [0.25, 0.3) is 0 Å². The van der Waals surface area contributed by atoms with Crippen LogP contribution in [0.5, 0.6) is 0 Å². The van der Waals surface area contributed by atoms with Crippen LogP contribution in [0.15, 0.2) is 28.7 Å². The van der Waals surface area contributed by atoms with Crippen LogP contribution in [0, 0.1) is 0 Å². The SMILES string of the molecule is CC1(O)CCN(CCC(=O)c2ccccc2Br)CC1. The van der Waals surface area contributed by atoms with Gasteiger partial charge in [-0.05, 0) is 25.8 Å². The average molecular weight is 326 g/mol. The number of hydrogen-bond donors (Lipinski definition) is 1. The predicted octanol–water partition coefficient (Wildman–Crippen LogP) is 2.87. The lowest BCUT2D eigenvalue weighted by Crippen LogP contribution is -2.43. The second-order valence-corrected chi connectivity index (χ2v) is 6.35. The summed E-state index contributed by atoms with van der Waals surface area (Å²) in [6.07, 6.45) is 2.11. The van der Waals surface area contributed by atoms with Gasteiger partial charge in [-0.15, -0.1) is 0 Å². The lowest BCUT2D eigenvalue weighted by atomic mass is 9.93. The fourth-order valence-corrected chi connectivity index (χ4v) is 2.85. The Morgan fingerprint density at radius 1 is 1.37 bits per heavy atom. The van der Waals surface area contributed by atoms with Gasteiger partial charge in [-0.1, -0.05) is 34.1 Å². The maximum Gasteiger partial charge on any atom is 0.165 e. The Bertz CT molecular complexity index is 449. The fourth-order valence-electron chi connectivity index (χ4n) is 2.34. The molecule has 0 unspecified atom stereocenters. The number of rotatable bonds is 4. The van der Waals surface area contributed by atoms with Crippen LogP contribution in [-0.2, 0) is 0 Å². The quantitative estimate of drug-likeness (QED) is 0.865. The van der Waals surface area contributed by atoms with E-state index < -0.39 is 5.60 Å². The molecule has 0 aromatic heterocycles. The topological polar surface area (TPSA) is 40.5 Å². The van der Waals surface area contributed by atoms with Gasteiger partial charge < -0.3 is 10.0 Å². The van der Waals surface area contributed by atoms with Crippen LogP contribution in [0.1, 0.15) is 36.5 Å². The van der Waals surface area contributed by atoms with Crippen molar-refractivity contribution in [3.8, 4) is 0 Å². The summed E-state index contributed by atoms with van der Waals surface area (Å²) in [6.45, 7) is 4.40. The summed E-state index contributed by atoms with van der Waals surface area (Å²) in [5, 5.41) is 9.88. The molecule has 1 aromatic rings. The highest BCUT2D eigenvalue weighted by Gasteiger charge is 2.27. The smallest absolute Gasteiger partial charge is 0.165 e. The van der Waals surface area contributed by atoms with Crippen molar-refractivity contribution < 1.29 is 9.90 Å². The first kappa shape index (κ1) is 14.7. The number of aliphatic hydroxyl groups is 1. The van der Waals surface area contributed by atoms with Gasteiger partial charge in [0.05, 0.1) is 5.60 Å². The van der Waals surface area contributed by atoms with Crippen LogP contribution >= 0.6 is 15.9 Å². The van der Waals surface area contributed by atoms with Crippen molar-refractivity contribution in [3.63, 3.8) is 0 Å². The first-order valence-electron chi connectivity index (χ1n) is 6.70. The van der Waals surface area contributed by atoms with Crippen LogP contribution in [0.4, 0.5) is 0 Å². The fraction of sp³-hybridized carbons (Fsp3) is 0.533. The number of halogens is 1. The zero-order chi connectivity index (χ0) is 13.9. The Hall–Kier alpha value is -0.710. The standard InChI is InChI=1S/C15H20BrNO2/c1-15(19)7-10-17(11-8-15)9-6-14(18)12-4-2-3-5-13(12)16/h2-5,19H,6-11H2,1H3. The first-order chi connectivity index (χ1) is 8.98. The van der Waals surface area contributed by atoms with E-state index in [0.29, 0.717) is 6.42 Å². The maximum atomic E-state index is 12.1. The molecule has 1 saturated heterocycles. The van der Waals surface area contributed by atoms with Gasteiger partial charge in [-0.2, -0.15) is 0 Å². The molecular weight excluding hydrogens is 306 g/mol. The third-order valence-electron chi connectivity index (χ3n) is 3.76. The Morgan fingerprint density at radius 2 is 2.00 bits per heavy atom. The number of benzene rings is 1. The number of hydrogen-bond acceptors (Lipinski definition) is 3. The van der Waals surface area contributed by atoms with Crippen molar-refractivity contribution in [3.05, 3.63) is 34.3 Å². The van der Waals surface area contributed by atoms with Crippen molar-refractivity contribution in [2.75, 3.05) is 19.6 Å². The summed E-state index contributed by atoms with van der Waals surface area (Å²) in [7, 11) is 0. The van der Waals surface area contributed by atoms with E-state index in [1.54, 1.807) is 0 Å². The van der Waals surface area contributed by atoms with Gasteiger partial charge >= 0.3 is 0 Å². The Balaban J connectivity index is 1.83. The number of ketones is 1. The molecule has 0 bridgehead atoms. The molecular formula is C15H20BrNO2. The lowest BCUT2D eigenvalue weighted by molar-refractivity contribution is -0.00506. The summed E-state index contributed by atoms with van der Waals surface area (Å²) < 4.78 is 0.863. The van der Waals surface area contributed by atoms with E-state index in [1.807, 2.05) is 31.2 Å². The first-order valence-corrected chi connectivity index (χ1v) is 7.50. The number of likely N-dealkylation sites (tertiary alicyclic amines) is 1. The van der Waals surface area contributed by atoms with Crippen molar-refractivity contribution in [2.45, 2.75) is 31.8 Å². The predicted molar refractivity (Wildman–Crippen MR) is 79.4 cm³/mol. The third-order valence-corrected chi connectivity index (χ3v) is 4.45. The highest BCUT2D eigenvalue weighted by atomic mass is 79.9. The number of nitrogens with zero attached hydrogens (tertiary/aromatic N) is 1. The molecule has 1 N–H and O–H groups in total. The molecule has 1 aromatic carbocycles. The number of piperidine rings is 1. The van der Waals surface area contributed by atoms with E-state index in [0.717, 1.165) is 42.5 Å². The number of Topliss-reactive ketones (excluding diaryl/α,β-unsaturated/α-hetero) is 1. The van der Waals surface area contributed by atoms with E-state index >= 15 is 0 Å². The molecule has 1 aliphatic heterocycles. The zero-order valence-corrected chi connectivity index (χ0v) is 12.8. The van der Waals surface area contributed by atoms with Gasteiger partial charge in [-0.3, -0.25) is 4.79 Å². The Labute approximate surface area is 122 Å². The summed E-state index contributed by atoms with van der Waals surface area (Å²) >= 11 is 3.41. The van der Waals surface area contributed by atoms with Crippen molar-refractivity contribution in [2.24, 2.45) is 0 Å². The van der Waals surface area contributed by atoms with E-state index in [1.165, 1.54) is 0 Å². The lowest BCUT2D eigenvalue weighted by Gasteiger charge is -2.35. The molecule has 1 aliphatic rings. The molecule has 104 valence electrons. The molecule has 0 spiro atoms. The van der Waals surface area contributed by atoms with Crippen molar-refractivity contribution in [1.82, 2.24) is 4.90 Å². The summed E-state index contributed by atoms with van der Waals surface area (Å²) in [5.74, 6) is 0.171. The van der Waals surface area contributed by atoms with Crippen molar-refractivity contribution in [1.29, 1.82) is 0 Å². The molecule has 0 radical (unpaired) electrons. The molecule has 19 heavy (non-hydrogen) atoms. The molecule has 0 amide bonds. The van der Waals surface area contributed by atoms with E-state index in [9.17, 15) is 9.90 Å². The molecule has 4 heteroatoms. The summed E-state index contributed by atoms with van der Waals surface area (Å²) in [4.78, 5) is 14.4. The highest BCUT2D eigenvalue weighted by molar-refractivity contribution is 9.10. The summed E-state index contributed by atoms with van der Waals surface area (Å²) in [5.41, 5.74) is 0.231. The molecule has 0 saturated carbocycles. The Kier molecular flexibility index (Phi) is 4.76.